The van der Waals surface area contributed by atoms with Crippen molar-refractivity contribution in [3.8, 4) is 0 Å². The lowest BCUT2D eigenvalue weighted by atomic mass is 10.0. The molecule has 1 aromatic heterocycles. The topological polar surface area (TPSA) is 68.0 Å². The van der Waals surface area contributed by atoms with E-state index in [0.717, 1.165) is 10.7 Å². The van der Waals surface area contributed by atoms with Gasteiger partial charge in [0, 0.05) is 11.1 Å². The van der Waals surface area contributed by atoms with E-state index >= 15 is 0 Å². The molecule has 5 heteroatoms. The number of nitrogens with zero attached hydrogens (tertiary/aromatic N) is 1. The minimum Gasteiger partial charge on any atom is -0.346 e. The lowest BCUT2D eigenvalue weighted by Gasteiger charge is -2.18. The van der Waals surface area contributed by atoms with Gasteiger partial charge in [0.25, 0.3) is 0 Å². The molecule has 1 unspecified atom stereocenters. The highest BCUT2D eigenvalue weighted by molar-refractivity contribution is 7.09. The van der Waals surface area contributed by atoms with Gasteiger partial charge in [0.05, 0.1) is 12.1 Å². The predicted octanol–water partition coefficient (Wildman–Crippen LogP) is 1.61. The van der Waals surface area contributed by atoms with E-state index in [0.29, 0.717) is 0 Å². The molecule has 0 aliphatic rings. The second-order valence-electron chi connectivity index (χ2n) is 4.33. The van der Waals surface area contributed by atoms with Gasteiger partial charge in [-0.3, -0.25) is 4.79 Å². The number of nitrogens with two attached hydrogens (primary N) is 1. The maximum absolute atomic E-state index is 11.7. The number of carbonyl (C=O) groups excluding carboxylic acids is 1. The normalized spacial score (nSPS) is 14.9. The van der Waals surface area contributed by atoms with Gasteiger partial charge in [0.15, 0.2) is 0 Å². The van der Waals surface area contributed by atoms with Gasteiger partial charge in [-0.1, -0.05) is 13.8 Å². The molecule has 0 aliphatic heterocycles. The minimum atomic E-state index is -0.455. The van der Waals surface area contributed by atoms with E-state index in [-0.39, 0.29) is 17.9 Å². The van der Waals surface area contributed by atoms with Gasteiger partial charge in [0.1, 0.15) is 5.01 Å². The highest BCUT2D eigenvalue weighted by atomic mass is 32.1. The fourth-order valence-corrected chi connectivity index (χ4v) is 2.05. The van der Waals surface area contributed by atoms with Gasteiger partial charge in [-0.15, -0.1) is 11.3 Å². The largest absolute Gasteiger partial charge is 0.346 e. The summed E-state index contributed by atoms with van der Waals surface area (Å²) < 4.78 is 0. The smallest absolute Gasteiger partial charge is 0.237 e. The molecule has 2 atom stereocenters. The highest BCUT2D eigenvalue weighted by Gasteiger charge is 2.20. The Bertz CT molecular complexity index is 362. The first-order chi connectivity index (χ1) is 7.41. The Balaban J connectivity index is 2.58. The molecular weight excluding hydrogens is 222 g/mol. The predicted molar refractivity (Wildman–Crippen MR) is 66.2 cm³/mol. The fraction of sp³-hybridized carbons (Fsp3) is 0.636. The van der Waals surface area contributed by atoms with Crippen molar-refractivity contribution in [1.82, 2.24) is 10.3 Å². The van der Waals surface area contributed by atoms with Crippen LogP contribution in [0.15, 0.2) is 5.38 Å². The average molecular weight is 241 g/mol. The Labute approximate surface area is 100 Å². The molecule has 1 heterocycles. The number of aryl methyl sites for hydroxylation is 1. The van der Waals surface area contributed by atoms with Crippen LogP contribution in [-0.4, -0.2) is 16.9 Å². The standard InChI is InChI=1S/C11H19N3OS/c1-6(2)9(12)10(15)14-8(4)11-13-7(3)5-16-11/h5-6,8-9H,12H2,1-4H3,(H,14,15)/t8?,9-/m0/s1. The quantitative estimate of drug-likeness (QED) is 0.841. The average Bonchev–Trinajstić information content (AvgIpc) is 2.63. The monoisotopic (exact) mass is 241 g/mol. The van der Waals surface area contributed by atoms with E-state index < -0.39 is 6.04 Å². The van der Waals surface area contributed by atoms with Gasteiger partial charge in [-0.2, -0.15) is 0 Å². The summed E-state index contributed by atoms with van der Waals surface area (Å²) in [7, 11) is 0. The van der Waals surface area contributed by atoms with Crippen molar-refractivity contribution in [3.05, 3.63) is 16.1 Å². The van der Waals surface area contributed by atoms with E-state index in [9.17, 15) is 4.79 Å². The van der Waals surface area contributed by atoms with Crippen molar-refractivity contribution in [3.63, 3.8) is 0 Å². The Morgan fingerprint density at radius 3 is 2.56 bits per heavy atom. The second-order valence-corrected chi connectivity index (χ2v) is 5.22. The summed E-state index contributed by atoms with van der Waals surface area (Å²) in [6.45, 7) is 7.72. The molecule has 1 rings (SSSR count). The van der Waals surface area contributed by atoms with Crippen molar-refractivity contribution < 1.29 is 4.79 Å². The molecule has 0 saturated carbocycles. The van der Waals surface area contributed by atoms with Gasteiger partial charge < -0.3 is 11.1 Å². The first-order valence-corrected chi connectivity index (χ1v) is 6.27. The maximum Gasteiger partial charge on any atom is 0.237 e. The van der Waals surface area contributed by atoms with Crippen LogP contribution in [0.4, 0.5) is 0 Å². The first-order valence-electron chi connectivity index (χ1n) is 5.39. The van der Waals surface area contributed by atoms with Crippen molar-refractivity contribution in [2.75, 3.05) is 0 Å². The summed E-state index contributed by atoms with van der Waals surface area (Å²) in [5, 5.41) is 5.77. The fourth-order valence-electron chi connectivity index (χ4n) is 1.25. The molecule has 0 spiro atoms. The zero-order valence-electron chi connectivity index (χ0n) is 10.2. The summed E-state index contributed by atoms with van der Waals surface area (Å²) >= 11 is 1.55. The minimum absolute atomic E-state index is 0.0731. The van der Waals surface area contributed by atoms with Crippen LogP contribution in [0.25, 0.3) is 0 Å². The summed E-state index contributed by atoms with van der Waals surface area (Å²) in [5.41, 5.74) is 6.74. The number of hydrogen-bond donors (Lipinski definition) is 2. The zero-order chi connectivity index (χ0) is 12.3. The number of rotatable bonds is 4. The molecule has 0 bridgehead atoms. The van der Waals surface area contributed by atoms with E-state index in [1.54, 1.807) is 11.3 Å². The second kappa shape index (κ2) is 5.41. The van der Waals surface area contributed by atoms with Crippen molar-refractivity contribution in [2.45, 2.75) is 39.8 Å². The Morgan fingerprint density at radius 2 is 2.12 bits per heavy atom. The van der Waals surface area contributed by atoms with E-state index in [1.165, 1.54) is 0 Å². The van der Waals surface area contributed by atoms with Gasteiger partial charge in [-0.25, -0.2) is 4.98 Å². The van der Waals surface area contributed by atoms with Gasteiger partial charge >= 0.3 is 0 Å². The molecular formula is C11H19N3OS. The SMILES string of the molecule is Cc1csc(C(C)NC(=O)[C@@H](N)C(C)C)n1. The third-order valence-corrected chi connectivity index (χ3v) is 3.53. The third-order valence-electron chi connectivity index (χ3n) is 2.39. The van der Waals surface area contributed by atoms with Crippen molar-refractivity contribution in [1.29, 1.82) is 0 Å². The lowest BCUT2D eigenvalue weighted by molar-refractivity contribution is -0.123. The van der Waals surface area contributed by atoms with E-state index in [4.69, 9.17) is 5.73 Å². The molecule has 16 heavy (non-hydrogen) atoms. The molecule has 3 N–H and O–H groups in total. The first kappa shape index (κ1) is 13.1. The number of hydrogen-bond acceptors (Lipinski definition) is 4. The van der Waals surface area contributed by atoms with Crippen LogP contribution < -0.4 is 11.1 Å². The number of carbonyl (C=O) groups is 1. The maximum atomic E-state index is 11.7. The molecule has 0 aliphatic carbocycles. The van der Waals surface area contributed by atoms with Crippen LogP contribution in [-0.2, 0) is 4.79 Å². The van der Waals surface area contributed by atoms with Crippen molar-refractivity contribution >= 4 is 17.2 Å². The van der Waals surface area contributed by atoms with Crippen LogP contribution >= 0.6 is 11.3 Å². The van der Waals surface area contributed by atoms with Gasteiger partial charge in [-0.05, 0) is 19.8 Å². The number of amides is 1. The molecule has 0 aromatic carbocycles. The summed E-state index contributed by atoms with van der Waals surface area (Å²) in [4.78, 5) is 16.0. The zero-order valence-corrected chi connectivity index (χ0v) is 11.0. The van der Waals surface area contributed by atoms with Crippen molar-refractivity contribution in [2.24, 2.45) is 11.7 Å². The van der Waals surface area contributed by atoms with Crippen LogP contribution in [0.2, 0.25) is 0 Å². The molecule has 0 fully saturated rings. The third kappa shape index (κ3) is 3.28. The summed E-state index contributed by atoms with van der Waals surface area (Å²) in [6, 6.07) is -0.528. The van der Waals surface area contributed by atoms with Crippen LogP contribution in [0, 0.1) is 12.8 Å². The Morgan fingerprint density at radius 1 is 1.50 bits per heavy atom. The summed E-state index contributed by atoms with van der Waals surface area (Å²) in [5.74, 6) is 0.0283. The summed E-state index contributed by atoms with van der Waals surface area (Å²) in [6.07, 6.45) is 0. The molecule has 0 saturated heterocycles. The van der Waals surface area contributed by atoms with E-state index in [1.807, 2.05) is 33.1 Å². The number of aromatic nitrogens is 1. The van der Waals surface area contributed by atoms with Crippen LogP contribution in [0.3, 0.4) is 0 Å². The van der Waals surface area contributed by atoms with E-state index in [2.05, 4.69) is 10.3 Å². The molecule has 4 nitrogen and oxygen atoms in total. The van der Waals surface area contributed by atoms with Gasteiger partial charge in [0.2, 0.25) is 5.91 Å². The van der Waals surface area contributed by atoms with Crippen LogP contribution in [0.1, 0.15) is 37.5 Å². The lowest BCUT2D eigenvalue weighted by Crippen LogP contribution is -2.44. The molecule has 0 radical (unpaired) electrons. The molecule has 1 amide bonds. The van der Waals surface area contributed by atoms with Crippen LogP contribution in [0.5, 0.6) is 0 Å². The highest BCUT2D eigenvalue weighted by Crippen LogP contribution is 2.17. The number of thiazole rings is 1. The molecule has 90 valence electrons. The Hall–Kier alpha value is -0.940. The molecule has 1 aromatic rings. The Kier molecular flexibility index (Phi) is 4.44. The number of nitrogens with one attached hydrogen (secondary N) is 1.